The second-order valence-corrected chi connectivity index (χ2v) is 4.65. The molecule has 1 amide bonds. The highest BCUT2D eigenvalue weighted by Gasteiger charge is 2.22. The van der Waals surface area contributed by atoms with Crippen LogP contribution in [0.3, 0.4) is 0 Å². The average Bonchev–Trinajstić information content (AvgIpc) is 2.87. The Morgan fingerprint density at radius 2 is 1.95 bits per heavy atom. The summed E-state index contributed by atoms with van der Waals surface area (Å²) in [6, 6.07) is 14.5. The van der Waals surface area contributed by atoms with Crippen molar-refractivity contribution in [2.45, 2.75) is 25.8 Å². The molecule has 20 heavy (non-hydrogen) atoms. The van der Waals surface area contributed by atoms with Crippen molar-refractivity contribution in [3.05, 3.63) is 59.5 Å². The number of nitriles is 1. The summed E-state index contributed by atoms with van der Waals surface area (Å²) < 4.78 is 5.47. The first kappa shape index (κ1) is 13.9. The minimum absolute atomic E-state index is 0.268. The molecule has 0 bridgehead atoms. The molecule has 4 nitrogen and oxygen atoms in total. The summed E-state index contributed by atoms with van der Waals surface area (Å²) in [6.07, 6.45) is 0. The molecule has 2 unspecified atom stereocenters. The number of amides is 1. The first-order chi connectivity index (χ1) is 9.61. The molecule has 2 aromatic rings. The number of hydrogen-bond acceptors (Lipinski definition) is 3. The van der Waals surface area contributed by atoms with Crippen LogP contribution in [0.25, 0.3) is 0 Å². The van der Waals surface area contributed by atoms with Gasteiger partial charge in [-0.2, -0.15) is 5.26 Å². The maximum atomic E-state index is 12.2. The van der Waals surface area contributed by atoms with Crippen LogP contribution in [-0.2, 0) is 4.79 Å². The Balaban J connectivity index is 2.09. The summed E-state index contributed by atoms with van der Waals surface area (Å²) in [5.74, 6) is 0.344. The zero-order chi connectivity index (χ0) is 14.5. The van der Waals surface area contributed by atoms with Crippen LogP contribution in [0.1, 0.15) is 36.0 Å². The molecule has 0 aliphatic carbocycles. The average molecular weight is 268 g/mol. The molecule has 0 radical (unpaired) electrons. The van der Waals surface area contributed by atoms with Crippen molar-refractivity contribution in [1.29, 1.82) is 5.26 Å². The molecular weight excluding hydrogens is 252 g/mol. The van der Waals surface area contributed by atoms with Crippen molar-refractivity contribution in [2.24, 2.45) is 0 Å². The lowest BCUT2D eigenvalue weighted by Crippen LogP contribution is -2.31. The smallest absolute Gasteiger partial charge is 0.242 e. The number of carbonyl (C=O) groups is 1. The zero-order valence-electron chi connectivity index (χ0n) is 11.5. The summed E-state index contributed by atoms with van der Waals surface area (Å²) >= 11 is 0. The molecular formula is C16H16N2O2. The SMILES string of the molecule is Cc1ccc(C(C)NC(=O)C(C#N)c2ccccc2)o1. The molecule has 1 N–H and O–H groups in total. The van der Waals surface area contributed by atoms with Crippen molar-refractivity contribution < 1.29 is 9.21 Å². The Bertz CT molecular complexity index is 625. The topological polar surface area (TPSA) is 66.0 Å². The van der Waals surface area contributed by atoms with Gasteiger partial charge in [-0.25, -0.2) is 0 Å². The molecule has 0 aliphatic heterocycles. The third kappa shape index (κ3) is 3.07. The highest BCUT2D eigenvalue weighted by Crippen LogP contribution is 2.19. The second-order valence-electron chi connectivity index (χ2n) is 4.65. The summed E-state index contributed by atoms with van der Waals surface area (Å²) in [7, 11) is 0. The van der Waals surface area contributed by atoms with Crippen LogP contribution >= 0.6 is 0 Å². The number of furan rings is 1. The number of benzene rings is 1. The molecule has 1 aromatic heterocycles. The Morgan fingerprint density at radius 3 is 2.50 bits per heavy atom. The largest absolute Gasteiger partial charge is 0.464 e. The number of aryl methyl sites for hydroxylation is 1. The number of nitrogens with one attached hydrogen (secondary N) is 1. The Morgan fingerprint density at radius 1 is 1.25 bits per heavy atom. The van der Waals surface area contributed by atoms with Crippen LogP contribution in [0, 0.1) is 18.3 Å². The van der Waals surface area contributed by atoms with Gasteiger partial charge in [-0.15, -0.1) is 0 Å². The van der Waals surface area contributed by atoms with E-state index in [4.69, 9.17) is 4.42 Å². The lowest BCUT2D eigenvalue weighted by atomic mass is 9.99. The van der Waals surface area contributed by atoms with E-state index in [1.807, 2.05) is 50.2 Å². The third-order valence-electron chi connectivity index (χ3n) is 3.07. The van der Waals surface area contributed by atoms with Crippen molar-refractivity contribution in [3.63, 3.8) is 0 Å². The number of nitrogens with zero attached hydrogens (tertiary/aromatic N) is 1. The van der Waals surface area contributed by atoms with Crippen LogP contribution in [0.5, 0.6) is 0 Å². The number of rotatable bonds is 4. The summed E-state index contributed by atoms with van der Waals surface area (Å²) in [6.45, 7) is 3.68. The van der Waals surface area contributed by atoms with Crippen LogP contribution in [0.15, 0.2) is 46.9 Å². The van der Waals surface area contributed by atoms with Crippen LogP contribution in [0.2, 0.25) is 0 Å². The molecule has 0 saturated heterocycles. The van der Waals surface area contributed by atoms with Crippen molar-refractivity contribution >= 4 is 5.91 Å². The van der Waals surface area contributed by atoms with Crippen LogP contribution in [0.4, 0.5) is 0 Å². The molecule has 4 heteroatoms. The Hall–Kier alpha value is -2.54. The van der Waals surface area contributed by atoms with Gasteiger partial charge in [0.05, 0.1) is 12.1 Å². The summed E-state index contributed by atoms with van der Waals surface area (Å²) in [4.78, 5) is 12.2. The third-order valence-corrected chi connectivity index (χ3v) is 3.07. The molecule has 2 atom stereocenters. The van der Waals surface area contributed by atoms with Gasteiger partial charge >= 0.3 is 0 Å². The molecule has 1 aromatic carbocycles. The molecule has 0 saturated carbocycles. The lowest BCUT2D eigenvalue weighted by Gasteiger charge is -2.14. The van der Waals surface area contributed by atoms with Gasteiger partial charge in [-0.1, -0.05) is 30.3 Å². The fourth-order valence-electron chi connectivity index (χ4n) is 1.98. The molecule has 0 spiro atoms. The van der Waals surface area contributed by atoms with Gasteiger partial charge in [-0.05, 0) is 31.5 Å². The van der Waals surface area contributed by atoms with E-state index in [1.54, 1.807) is 12.1 Å². The van der Waals surface area contributed by atoms with Crippen LogP contribution < -0.4 is 5.32 Å². The van der Waals surface area contributed by atoms with E-state index >= 15 is 0 Å². The minimum atomic E-state index is -0.810. The van der Waals surface area contributed by atoms with E-state index in [1.165, 1.54) is 0 Å². The first-order valence-corrected chi connectivity index (χ1v) is 6.43. The maximum absolute atomic E-state index is 12.2. The van der Waals surface area contributed by atoms with Gasteiger partial charge in [0.25, 0.3) is 0 Å². The zero-order valence-corrected chi connectivity index (χ0v) is 11.5. The highest BCUT2D eigenvalue weighted by molar-refractivity contribution is 5.86. The lowest BCUT2D eigenvalue weighted by molar-refractivity contribution is -0.122. The van der Waals surface area contributed by atoms with E-state index < -0.39 is 5.92 Å². The monoisotopic (exact) mass is 268 g/mol. The normalized spacial score (nSPS) is 13.2. The summed E-state index contributed by atoms with van der Waals surface area (Å²) in [5.41, 5.74) is 0.690. The van der Waals surface area contributed by atoms with Gasteiger partial charge < -0.3 is 9.73 Å². The molecule has 0 aliphatic rings. The van der Waals surface area contributed by atoms with E-state index in [-0.39, 0.29) is 11.9 Å². The molecule has 1 heterocycles. The van der Waals surface area contributed by atoms with Crippen LogP contribution in [-0.4, -0.2) is 5.91 Å². The van der Waals surface area contributed by atoms with E-state index in [9.17, 15) is 10.1 Å². The van der Waals surface area contributed by atoms with E-state index in [0.717, 1.165) is 5.76 Å². The predicted octanol–water partition coefficient (Wildman–Crippen LogP) is 3.07. The van der Waals surface area contributed by atoms with Gasteiger partial charge in [0, 0.05) is 0 Å². The van der Waals surface area contributed by atoms with Gasteiger partial charge in [0.1, 0.15) is 17.4 Å². The van der Waals surface area contributed by atoms with E-state index in [2.05, 4.69) is 5.32 Å². The predicted molar refractivity (Wildman–Crippen MR) is 74.8 cm³/mol. The highest BCUT2D eigenvalue weighted by atomic mass is 16.3. The second kappa shape index (κ2) is 6.07. The van der Waals surface area contributed by atoms with Gasteiger partial charge in [0.2, 0.25) is 5.91 Å². The number of carbonyl (C=O) groups excluding carboxylic acids is 1. The minimum Gasteiger partial charge on any atom is -0.464 e. The van der Waals surface area contributed by atoms with Crippen molar-refractivity contribution in [2.75, 3.05) is 0 Å². The van der Waals surface area contributed by atoms with Gasteiger partial charge in [0.15, 0.2) is 0 Å². The number of hydrogen-bond donors (Lipinski definition) is 1. The fraction of sp³-hybridized carbons (Fsp3) is 0.250. The maximum Gasteiger partial charge on any atom is 0.242 e. The standard InChI is InChI=1S/C16H16N2O2/c1-11-8-9-15(20-11)12(2)18-16(19)14(10-17)13-6-4-3-5-7-13/h3-9,12,14H,1-2H3,(H,18,19). The van der Waals surface area contributed by atoms with Crippen molar-refractivity contribution in [1.82, 2.24) is 5.32 Å². The van der Waals surface area contributed by atoms with E-state index in [0.29, 0.717) is 11.3 Å². The Kier molecular flexibility index (Phi) is 4.21. The quantitative estimate of drug-likeness (QED) is 0.926. The Labute approximate surface area is 118 Å². The summed E-state index contributed by atoms with van der Waals surface area (Å²) in [5, 5.41) is 12.0. The first-order valence-electron chi connectivity index (χ1n) is 6.43. The molecule has 0 fully saturated rings. The molecule has 2 rings (SSSR count). The van der Waals surface area contributed by atoms with Crippen molar-refractivity contribution in [3.8, 4) is 6.07 Å². The van der Waals surface area contributed by atoms with Gasteiger partial charge in [-0.3, -0.25) is 4.79 Å². The molecule has 102 valence electrons. The fourth-order valence-corrected chi connectivity index (χ4v) is 1.98.